The first kappa shape index (κ1) is 24.5. The molecule has 0 saturated carbocycles. The number of Topliss-reactive ketones (excluding diaryl/α,β-unsaturated/α-hetero) is 1. The second-order valence-corrected chi connectivity index (χ2v) is 9.56. The molecule has 8 heteroatoms. The molecule has 1 unspecified atom stereocenters. The number of amides is 1. The number of benzene rings is 3. The average molecular weight is 515 g/mol. The summed E-state index contributed by atoms with van der Waals surface area (Å²) in [5, 5.41) is 11.7. The maximum Gasteiger partial charge on any atom is 0.301 e. The molecule has 1 amide bonds. The van der Waals surface area contributed by atoms with Crippen molar-refractivity contribution in [1.29, 1.82) is 0 Å². The normalized spacial score (nSPS) is 16.9. The van der Waals surface area contributed by atoms with Gasteiger partial charge in [-0.15, -0.1) is 0 Å². The van der Waals surface area contributed by atoms with Crippen LogP contribution in [-0.4, -0.2) is 35.5 Å². The number of rotatable bonds is 7. The van der Waals surface area contributed by atoms with E-state index in [-0.39, 0.29) is 11.3 Å². The van der Waals surface area contributed by atoms with Gasteiger partial charge < -0.3 is 14.6 Å². The maximum atomic E-state index is 13.5. The number of carbonyl (C=O) groups excluding carboxylic acids is 2. The van der Waals surface area contributed by atoms with E-state index in [2.05, 4.69) is 13.0 Å². The largest absolute Gasteiger partial charge is 0.507 e. The van der Waals surface area contributed by atoms with Crippen LogP contribution in [0.4, 0.5) is 5.13 Å². The van der Waals surface area contributed by atoms with Crippen molar-refractivity contribution in [3.8, 4) is 11.5 Å². The molecule has 2 heterocycles. The van der Waals surface area contributed by atoms with E-state index in [1.54, 1.807) is 55.6 Å². The van der Waals surface area contributed by atoms with Gasteiger partial charge in [-0.2, -0.15) is 0 Å². The fourth-order valence-electron chi connectivity index (χ4n) is 4.44. The fraction of sp³-hybridized carbons (Fsp3) is 0.207. The van der Waals surface area contributed by atoms with E-state index < -0.39 is 17.7 Å². The van der Waals surface area contributed by atoms with Gasteiger partial charge in [0.1, 0.15) is 17.3 Å². The maximum absolute atomic E-state index is 13.5. The molecule has 7 nitrogen and oxygen atoms in total. The molecule has 1 aromatic heterocycles. The number of ether oxygens (including phenoxy) is 2. The number of anilines is 1. The third-order valence-electron chi connectivity index (χ3n) is 6.37. The molecule has 1 aliphatic rings. The molecular weight excluding hydrogens is 488 g/mol. The van der Waals surface area contributed by atoms with E-state index in [1.165, 1.54) is 16.2 Å². The predicted octanol–water partition coefficient (Wildman–Crippen LogP) is 5.89. The summed E-state index contributed by atoms with van der Waals surface area (Å²) < 4.78 is 11.7. The Morgan fingerprint density at radius 2 is 1.70 bits per heavy atom. The van der Waals surface area contributed by atoms with Crippen LogP contribution in [0, 0.1) is 0 Å². The van der Waals surface area contributed by atoms with Crippen molar-refractivity contribution in [2.75, 3.05) is 18.6 Å². The molecule has 1 fully saturated rings. The Hall–Kier alpha value is -4.17. The average Bonchev–Trinajstić information content (AvgIpc) is 3.46. The topological polar surface area (TPSA) is 89.0 Å². The number of hydrogen-bond acceptors (Lipinski definition) is 7. The first-order chi connectivity index (χ1) is 17.9. The lowest BCUT2D eigenvalue weighted by atomic mass is 9.95. The van der Waals surface area contributed by atoms with Gasteiger partial charge in [0, 0.05) is 5.56 Å². The molecular formula is C29H26N2O5S. The highest BCUT2D eigenvalue weighted by atomic mass is 32.1. The number of aromatic nitrogens is 1. The van der Waals surface area contributed by atoms with E-state index in [0.717, 1.165) is 22.2 Å². The van der Waals surface area contributed by atoms with Crippen molar-refractivity contribution < 1.29 is 24.2 Å². The van der Waals surface area contributed by atoms with Crippen LogP contribution in [0.2, 0.25) is 0 Å². The summed E-state index contributed by atoms with van der Waals surface area (Å²) in [6.45, 7) is 4.49. The number of hydrogen-bond donors (Lipinski definition) is 1. The highest BCUT2D eigenvalue weighted by molar-refractivity contribution is 7.22. The van der Waals surface area contributed by atoms with Gasteiger partial charge in [-0.25, -0.2) is 4.98 Å². The van der Waals surface area contributed by atoms with E-state index in [1.807, 2.05) is 19.1 Å². The highest BCUT2D eigenvalue weighted by Gasteiger charge is 2.48. The predicted molar refractivity (Wildman–Crippen MR) is 144 cm³/mol. The Kier molecular flexibility index (Phi) is 6.67. The molecule has 0 spiro atoms. The van der Waals surface area contributed by atoms with Crippen molar-refractivity contribution in [3.63, 3.8) is 0 Å². The van der Waals surface area contributed by atoms with Crippen LogP contribution in [0.25, 0.3) is 16.0 Å². The van der Waals surface area contributed by atoms with Gasteiger partial charge in [0.15, 0.2) is 5.13 Å². The Balaban J connectivity index is 1.67. The summed E-state index contributed by atoms with van der Waals surface area (Å²) in [5.74, 6) is -0.465. The summed E-state index contributed by atoms with van der Waals surface area (Å²) in [5.41, 5.74) is 2.98. The minimum Gasteiger partial charge on any atom is -0.507 e. The third-order valence-corrected chi connectivity index (χ3v) is 7.39. The second kappa shape index (κ2) is 10.1. The first-order valence-corrected chi connectivity index (χ1v) is 12.8. The zero-order valence-electron chi connectivity index (χ0n) is 20.7. The SMILES string of the molecule is CCOc1ccc(C2/C(=C(\O)c3ccc(OC)cc3)C(=O)C(=O)N2c2nc3ccc(CC)cc3s2)cc1. The smallest absolute Gasteiger partial charge is 0.301 e. The van der Waals surface area contributed by atoms with Crippen molar-refractivity contribution in [3.05, 3.63) is 89.0 Å². The number of aliphatic hydroxyl groups excluding tert-OH is 1. The molecule has 1 saturated heterocycles. The van der Waals surface area contributed by atoms with Crippen LogP contribution in [-0.2, 0) is 16.0 Å². The molecule has 1 atom stereocenters. The van der Waals surface area contributed by atoms with Crippen LogP contribution in [0.3, 0.4) is 0 Å². The number of methoxy groups -OCH3 is 1. The molecule has 37 heavy (non-hydrogen) atoms. The number of carbonyl (C=O) groups is 2. The van der Waals surface area contributed by atoms with Crippen LogP contribution < -0.4 is 14.4 Å². The van der Waals surface area contributed by atoms with Gasteiger partial charge in [0.2, 0.25) is 0 Å². The van der Waals surface area contributed by atoms with Crippen molar-refractivity contribution in [2.24, 2.45) is 0 Å². The molecule has 3 aromatic carbocycles. The minimum atomic E-state index is -0.857. The highest BCUT2D eigenvalue weighted by Crippen LogP contribution is 2.44. The van der Waals surface area contributed by atoms with Crippen LogP contribution in [0.15, 0.2) is 72.3 Å². The number of thiazole rings is 1. The number of aryl methyl sites for hydroxylation is 1. The van der Waals surface area contributed by atoms with Crippen molar-refractivity contribution in [2.45, 2.75) is 26.3 Å². The van der Waals surface area contributed by atoms with Crippen LogP contribution >= 0.6 is 11.3 Å². The number of ketones is 1. The third kappa shape index (κ3) is 4.44. The zero-order chi connectivity index (χ0) is 26.1. The molecule has 0 aliphatic carbocycles. The van der Waals surface area contributed by atoms with Crippen LogP contribution in [0.1, 0.15) is 36.6 Å². The lowest BCUT2D eigenvalue weighted by molar-refractivity contribution is -0.132. The summed E-state index contributed by atoms with van der Waals surface area (Å²) in [4.78, 5) is 33.0. The number of fused-ring (bicyclic) bond motifs is 1. The van der Waals surface area contributed by atoms with Gasteiger partial charge in [0.25, 0.3) is 5.78 Å². The van der Waals surface area contributed by atoms with Gasteiger partial charge in [0.05, 0.1) is 35.5 Å². The summed E-state index contributed by atoms with van der Waals surface area (Å²) in [6, 6.07) is 19.0. The van der Waals surface area contributed by atoms with E-state index >= 15 is 0 Å². The van der Waals surface area contributed by atoms with Gasteiger partial charge in [-0.1, -0.05) is 36.5 Å². The molecule has 188 valence electrons. The van der Waals surface area contributed by atoms with Gasteiger partial charge in [-0.3, -0.25) is 14.5 Å². The minimum absolute atomic E-state index is 0.00725. The molecule has 0 radical (unpaired) electrons. The first-order valence-electron chi connectivity index (χ1n) is 12.0. The summed E-state index contributed by atoms with van der Waals surface area (Å²) in [6.07, 6.45) is 0.877. The van der Waals surface area contributed by atoms with Gasteiger partial charge >= 0.3 is 5.91 Å². The molecule has 4 aromatic rings. The fourth-order valence-corrected chi connectivity index (χ4v) is 5.50. The monoisotopic (exact) mass is 514 g/mol. The van der Waals surface area contributed by atoms with E-state index in [9.17, 15) is 14.7 Å². The van der Waals surface area contributed by atoms with Crippen LogP contribution in [0.5, 0.6) is 11.5 Å². The molecule has 5 rings (SSSR count). The number of nitrogens with zero attached hydrogens (tertiary/aromatic N) is 2. The zero-order valence-corrected chi connectivity index (χ0v) is 21.5. The van der Waals surface area contributed by atoms with E-state index in [4.69, 9.17) is 14.5 Å². The molecule has 1 aliphatic heterocycles. The number of aliphatic hydroxyl groups is 1. The molecule has 0 bridgehead atoms. The Labute approximate surface area is 218 Å². The van der Waals surface area contributed by atoms with Gasteiger partial charge in [-0.05, 0) is 73.0 Å². The lowest BCUT2D eigenvalue weighted by Gasteiger charge is -2.23. The Morgan fingerprint density at radius 3 is 2.35 bits per heavy atom. The Bertz CT molecular complexity index is 1510. The van der Waals surface area contributed by atoms with Crippen molar-refractivity contribution >= 4 is 44.1 Å². The molecule has 1 N–H and O–H groups in total. The lowest BCUT2D eigenvalue weighted by Crippen LogP contribution is -2.29. The standard InChI is InChI=1S/C29H26N2O5S/c1-4-17-6-15-22-23(16-17)37-29(30-22)31-25(18-7-13-21(14-8-18)36-5-2)24(27(33)28(31)34)26(32)19-9-11-20(35-3)12-10-19/h6-16,25,32H,4-5H2,1-3H3/b26-24+. The second-order valence-electron chi connectivity index (χ2n) is 8.55. The summed E-state index contributed by atoms with van der Waals surface area (Å²) in [7, 11) is 1.55. The van der Waals surface area contributed by atoms with Crippen molar-refractivity contribution in [1.82, 2.24) is 4.98 Å². The Morgan fingerprint density at radius 1 is 1.00 bits per heavy atom. The summed E-state index contributed by atoms with van der Waals surface area (Å²) >= 11 is 1.35. The van der Waals surface area contributed by atoms with E-state index in [0.29, 0.717) is 34.4 Å². The quantitative estimate of drug-likeness (QED) is 0.188.